The fraction of sp³-hybridized carbons (Fsp3) is 0.300. The molecule has 0 saturated heterocycles. The summed E-state index contributed by atoms with van der Waals surface area (Å²) in [7, 11) is 0. The summed E-state index contributed by atoms with van der Waals surface area (Å²) in [4.78, 5) is 0. The molecule has 1 aromatic carbocycles. The lowest BCUT2D eigenvalue weighted by molar-refractivity contribution is 1.45. The smallest absolute Gasteiger partial charge is 0.128 e. The first-order valence-electron chi connectivity index (χ1n) is 4.01. The fourth-order valence-electron chi connectivity index (χ4n) is 0.700. The third kappa shape index (κ3) is 3.54. The summed E-state index contributed by atoms with van der Waals surface area (Å²) in [6.45, 7) is 6.00. The largest absolute Gasteiger partial charge is 0.289 e. The van der Waals surface area contributed by atoms with Crippen molar-refractivity contribution in [1.29, 1.82) is 5.41 Å². The van der Waals surface area contributed by atoms with Crippen molar-refractivity contribution in [1.82, 2.24) is 0 Å². The van der Waals surface area contributed by atoms with Crippen LogP contribution in [0.25, 0.3) is 0 Å². The van der Waals surface area contributed by atoms with E-state index >= 15 is 0 Å². The molecule has 0 saturated carbocycles. The van der Waals surface area contributed by atoms with Crippen LogP contribution in [0, 0.1) is 12.3 Å². The normalized spacial score (nSPS) is 8.33. The summed E-state index contributed by atoms with van der Waals surface area (Å²) in [6, 6.07) is 7.55. The van der Waals surface area contributed by atoms with E-state index in [1.165, 1.54) is 5.56 Å². The van der Waals surface area contributed by atoms with Gasteiger partial charge < -0.3 is 0 Å². The molecule has 0 aliphatic heterocycles. The van der Waals surface area contributed by atoms with E-state index in [4.69, 9.17) is 17.0 Å². The molecule has 0 aliphatic rings. The summed E-state index contributed by atoms with van der Waals surface area (Å²) >= 11 is 5.44. The monoisotopic (exact) mass is 183 g/mol. The molecule has 0 aliphatic carbocycles. The summed E-state index contributed by atoms with van der Waals surface area (Å²) in [5.41, 5.74) is 1.95. The molecule has 2 heteroatoms. The molecular weight excluding hydrogens is 170 g/mol. The Hall–Kier alpha value is -0.820. The molecule has 1 nitrogen and oxygen atoms in total. The molecular formula is C10H14ClN. The lowest BCUT2D eigenvalue weighted by Gasteiger charge is -1.94. The van der Waals surface area contributed by atoms with E-state index in [0.717, 1.165) is 5.56 Å². The third-order valence-electron chi connectivity index (χ3n) is 1.31. The topological polar surface area (TPSA) is 23.9 Å². The van der Waals surface area contributed by atoms with Gasteiger partial charge in [0, 0.05) is 5.56 Å². The SMILES string of the molecule is CC.Cc1ccc(C(=N)Cl)cc1. The van der Waals surface area contributed by atoms with Gasteiger partial charge in [-0.3, -0.25) is 5.41 Å². The van der Waals surface area contributed by atoms with Crippen molar-refractivity contribution in [2.24, 2.45) is 0 Å². The van der Waals surface area contributed by atoms with Crippen molar-refractivity contribution in [3.8, 4) is 0 Å². The number of nitrogens with one attached hydrogen (secondary N) is 1. The molecule has 0 aromatic heterocycles. The van der Waals surface area contributed by atoms with Crippen molar-refractivity contribution in [2.45, 2.75) is 20.8 Å². The molecule has 0 amide bonds. The Morgan fingerprint density at radius 2 is 1.58 bits per heavy atom. The molecule has 1 aromatic rings. The van der Waals surface area contributed by atoms with Gasteiger partial charge >= 0.3 is 0 Å². The lowest BCUT2D eigenvalue weighted by atomic mass is 10.2. The van der Waals surface area contributed by atoms with Crippen molar-refractivity contribution < 1.29 is 0 Å². The maximum Gasteiger partial charge on any atom is 0.128 e. The highest BCUT2D eigenvalue weighted by Crippen LogP contribution is 2.05. The summed E-state index contributed by atoms with van der Waals surface area (Å²) in [5, 5.41) is 7.17. The first-order valence-corrected chi connectivity index (χ1v) is 4.39. The Morgan fingerprint density at radius 1 is 1.17 bits per heavy atom. The highest BCUT2D eigenvalue weighted by molar-refractivity contribution is 6.68. The highest BCUT2D eigenvalue weighted by Gasteiger charge is 1.93. The summed E-state index contributed by atoms with van der Waals surface area (Å²) in [5.74, 6) is 0. The van der Waals surface area contributed by atoms with Gasteiger partial charge in [0.2, 0.25) is 0 Å². The van der Waals surface area contributed by atoms with E-state index in [1.807, 2.05) is 45.0 Å². The number of benzene rings is 1. The van der Waals surface area contributed by atoms with Crippen LogP contribution in [-0.4, -0.2) is 5.17 Å². The van der Waals surface area contributed by atoms with Crippen LogP contribution < -0.4 is 0 Å². The Kier molecular flexibility index (Phi) is 5.39. The molecule has 0 spiro atoms. The Balaban J connectivity index is 0.000000561. The number of hydrogen-bond acceptors (Lipinski definition) is 1. The Bertz CT molecular complexity index is 239. The average Bonchev–Trinajstić information content (AvgIpc) is 2.09. The lowest BCUT2D eigenvalue weighted by Crippen LogP contribution is -1.86. The first kappa shape index (κ1) is 11.2. The van der Waals surface area contributed by atoms with Crippen LogP contribution in [0.4, 0.5) is 0 Å². The minimum absolute atomic E-state index is 0.0972. The predicted molar refractivity (Wildman–Crippen MR) is 55.2 cm³/mol. The minimum atomic E-state index is 0.0972. The molecule has 1 N–H and O–H groups in total. The number of aryl methyl sites for hydroxylation is 1. The van der Waals surface area contributed by atoms with E-state index < -0.39 is 0 Å². The second-order valence-electron chi connectivity index (χ2n) is 2.18. The van der Waals surface area contributed by atoms with Gasteiger partial charge in [0.05, 0.1) is 0 Å². The van der Waals surface area contributed by atoms with Gasteiger partial charge in [0.1, 0.15) is 5.17 Å². The standard InChI is InChI=1S/C8H8ClN.C2H6/c1-6-2-4-7(5-3-6)8(9)10;1-2/h2-5,10H,1H3;1-2H3. The summed E-state index contributed by atoms with van der Waals surface area (Å²) < 4.78 is 0. The van der Waals surface area contributed by atoms with Gasteiger partial charge in [0.15, 0.2) is 0 Å². The molecule has 1 rings (SSSR count). The van der Waals surface area contributed by atoms with E-state index in [2.05, 4.69) is 0 Å². The summed E-state index contributed by atoms with van der Waals surface area (Å²) in [6.07, 6.45) is 0. The van der Waals surface area contributed by atoms with E-state index in [9.17, 15) is 0 Å². The van der Waals surface area contributed by atoms with Gasteiger partial charge in [-0.25, -0.2) is 0 Å². The number of rotatable bonds is 1. The molecule has 66 valence electrons. The van der Waals surface area contributed by atoms with Crippen molar-refractivity contribution in [3.63, 3.8) is 0 Å². The first-order chi connectivity index (χ1) is 5.70. The van der Waals surface area contributed by atoms with Crippen LogP contribution >= 0.6 is 11.6 Å². The maximum atomic E-state index is 7.07. The zero-order valence-electron chi connectivity index (χ0n) is 7.69. The quantitative estimate of drug-likeness (QED) is 0.644. The fourth-order valence-corrected chi connectivity index (χ4v) is 0.826. The minimum Gasteiger partial charge on any atom is -0.289 e. The second-order valence-corrected chi connectivity index (χ2v) is 2.56. The van der Waals surface area contributed by atoms with Crippen LogP contribution in [0.5, 0.6) is 0 Å². The molecule has 0 radical (unpaired) electrons. The zero-order valence-corrected chi connectivity index (χ0v) is 8.44. The molecule has 0 atom stereocenters. The van der Waals surface area contributed by atoms with E-state index in [-0.39, 0.29) is 5.17 Å². The molecule has 0 unspecified atom stereocenters. The van der Waals surface area contributed by atoms with Gasteiger partial charge in [-0.05, 0) is 6.92 Å². The molecule has 12 heavy (non-hydrogen) atoms. The molecule has 0 heterocycles. The average molecular weight is 184 g/mol. The Morgan fingerprint density at radius 3 is 1.92 bits per heavy atom. The van der Waals surface area contributed by atoms with Crippen molar-refractivity contribution in [2.75, 3.05) is 0 Å². The molecule has 0 bridgehead atoms. The van der Waals surface area contributed by atoms with Crippen LogP contribution in [0.1, 0.15) is 25.0 Å². The maximum absolute atomic E-state index is 7.07. The van der Waals surface area contributed by atoms with Crippen LogP contribution in [-0.2, 0) is 0 Å². The van der Waals surface area contributed by atoms with Crippen molar-refractivity contribution in [3.05, 3.63) is 35.4 Å². The van der Waals surface area contributed by atoms with Gasteiger partial charge in [-0.1, -0.05) is 55.3 Å². The van der Waals surface area contributed by atoms with E-state index in [0.29, 0.717) is 0 Å². The predicted octanol–water partition coefficient (Wildman–Crippen LogP) is 3.59. The van der Waals surface area contributed by atoms with Gasteiger partial charge in [-0.2, -0.15) is 0 Å². The number of hydrogen-bond donors (Lipinski definition) is 1. The van der Waals surface area contributed by atoms with Crippen LogP contribution in [0.2, 0.25) is 0 Å². The number of halogens is 1. The third-order valence-corrected chi connectivity index (χ3v) is 1.52. The second kappa shape index (κ2) is 5.78. The zero-order chi connectivity index (χ0) is 9.56. The molecule has 0 fully saturated rings. The van der Waals surface area contributed by atoms with E-state index in [1.54, 1.807) is 0 Å². The van der Waals surface area contributed by atoms with Gasteiger partial charge in [-0.15, -0.1) is 0 Å². The van der Waals surface area contributed by atoms with Crippen LogP contribution in [0.15, 0.2) is 24.3 Å². The van der Waals surface area contributed by atoms with Gasteiger partial charge in [0.25, 0.3) is 0 Å². The highest BCUT2D eigenvalue weighted by atomic mass is 35.5. The van der Waals surface area contributed by atoms with Crippen LogP contribution in [0.3, 0.4) is 0 Å². The Labute approximate surface area is 78.9 Å². The van der Waals surface area contributed by atoms with Crippen molar-refractivity contribution >= 4 is 16.8 Å².